The van der Waals surface area contributed by atoms with Crippen molar-refractivity contribution in [1.29, 1.82) is 0 Å². The molecule has 4 nitrogen and oxygen atoms in total. The molecule has 0 atom stereocenters. The largest absolute Gasteiger partial charge is 0.398 e. The third kappa shape index (κ3) is 3.30. The zero-order chi connectivity index (χ0) is 13.0. The number of hydrogen-bond acceptors (Lipinski definition) is 4. The number of aryl methyl sites for hydroxylation is 1. The number of rotatable bonds is 4. The number of amides is 1. The van der Waals surface area contributed by atoms with Crippen molar-refractivity contribution in [2.75, 3.05) is 5.73 Å². The van der Waals surface area contributed by atoms with E-state index >= 15 is 0 Å². The quantitative estimate of drug-likeness (QED) is 0.826. The highest BCUT2D eigenvalue weighted by atomic mass is 32.1. The lowest BCUT2D eigenvalue weighted by atomic mass is 10.2. The number of nitrogens with zero attached hydrogens (tertiary/aromatic N) is 1. The number of para-hydroxylation sites is 1. The van der Waals surface area contributed by atoms with Crippen LogP contribution in [0.5, 0.6) is 0 Å². The van der Waals surface area contributed by atoms with Gasteiger partial charge in [-0.3, -0.25) is 4.79 Å². The van der Waals surface area contributed by atoms with Gasteiger partial charge in [0, 0.05) is 17.6 Å². The lowest BCUT2D eigenvalue weighted by molar-refractivity contribution is -0.120. The van der Waals surface area contributed by atoms with E-state index in [0.717, 1.165) is 16.3 Å². The highest BCUT2D eigenvalue weighted by Crippen LogP contribution is 2.10. The van der Waals surface area contributed by atoms with E-state index in [-0.39, 0.29) is 5.91 Å². The summed E-state index contributed by atoms with van der Waals surface area (Å²) in [6.45, 7) is 2.38. The molecule has 0 saturated heterocycles. The van der Waals surface area contributed by atoms with Crippen LogP contribution in [0.3, 0.4) is 0 Å². The maximum Gasteiger partial charge on any atom is 0.226 e. The van der Waals surface area contributed by atoms with Gasteiger partial charge >= 0.3 is 0 Å². The van der Waals surface area contributed by atoms with Crippen molar-refractivity contribution in [3.63, 3.8) is 0 Å². The van der Waals surface area contributed by atoms with Gasteiger partial charge in [0.2, 0.25) is 5.91 Å². The summed E-state index contributed by atoms with van der Waals surface area (Å²) in [5.74, 6) is -0.0384. The fourth-order valence-electron chi connectivity index (χ4n) is 1.61. The van der Waals surface area contributed by atoms with Crippen molar-refractivity contribution in [2.45, 2.75) is 19.9 Å². The lowest BCUT2D eigenvalue weighted by Gasteiger charge is -2.06. The molecule has 18 heavy (non-hydrogen) atoms. The minimum atomic E-state index is -0.0384. The standard InChI is InChI=1S/C13H15N3OS/c1-9-16-11(8-18-9)6-13(17)15-7-10-4-2-3-5-12(10)14/h2-5,8H,6-7,14H2,1H3,(H,15,17). The van der Waals surface area contributed by atoms with Crippen LogP contribution in [0.15, 0.2) is 29.6 Å². The molecule has 0 fully saturated rings. The summed E-state index contributed by atoms with van der Waals surface area (Å²) < 4.78 is 0. The fraction of sp³-hybridized carbons (Fsp3) is 0.231. The highest BCUT2D eigenvalue weighted by molar-refractivity contribution is 7.09. The summed E-state index contributed by atoms with van der Waals surface area (Å²) in [4.78, 5) is 16.0. The van der Waals surface area contributed by atoms with E-state index in [1.165, 1.54) is 0 Å². The molecule has 1 aromatic carbocycles. The van der Waals surface area contributed by atoms with Gasteiger partial charge in [0.15, 0.2) is 0 Å². The Hall–Kier alpha value is -1.88. The van der Waals surface area contributed by atoms with Crippen LogP contribution >= 0.6 is 11.3 Å². The van der Waals surface area contributed by atoms with Gasteiger partial charge in [0.1, 0.15) is 0 Å². The van der Waals surface area contributed by atoms with Gasteiger partial charge in [-0.05, 0) is 18.6 Å². The molecular weight excluding hydrogens is 246 g/mol. The molecule has 0 aliphatic rings. The Labute approximate surface area is 110 Å². The fourth-order valence-corrected chi connectivity index (χ4v) is 2.22. The average Bonchev–Trinajstić information content (AvgIpc) is 2.74. The topological polar surface area (TPSA) is 68.0 Å². The van der Waals surface area contributed by atoms with Gasteiger partial charge < -0.3 is 11.1 Å². The minimum absolute atomic E-state index is 0.0384. The Balaban J connectivity index is 1.87. The zero-order valence-corrected chi connectivity index (χ0v) is 11.0. The minimum Gasteiger partial charge on any atom is -0.398 e. The molecule has 1 aromatic heterocycles. The molecular formula is C13H15N3OS. The number of aromatic nitrogens is 1. The molecule has 0 saturated carbocycles. The third-order valence-corrected chi connectivity index (χ3v) is 3.36. The number of carbonyl (C=O) groups excluding carboxylic acids is 1. The van der Waals surface area contributed by atoms with Crippen molar-refractivity contribution in [3.05, 3.63) is 45.9 Å². The van der Waals surface area contributed by atoms with E-state index in [1.54, 1.807) is 11.3 Å². The summed E-state index contributed by atoms with van der Waals surface area (Å²) in [7, 11) is 0. The molecule has 1 amide bonds. The first kappa shape index (κ1) is 12.6. The number of nitrogens with two attached hydrogens (primary N) is 1. The van der Waals surface area contributed by atoms with E-state index in [1.807, 2.05) is 36.6 Å². The first-order valence-electron chi connectivity index (χ1n) is 5.66. The van der Waals surface area contributed by atoms with Crippen molar-refractivity contribution >= 4 is 22.9 Å². The number of carbonyl (C=O) groups is 1. The van der Waals surface area contributed by atoms with Crippen LogP contribution < -0.4 is 11.1 Å². The van der Waals surface area contributed by atoms with Crippen molar-refractivity contribution in [3.8, 4) is 0 Å². The van der Waals surface area contributed by atoms with Gasteiger partial charge in [0.05, 0.1) is 17.1 Å². The van der Waals surface area contributed by atoms with Crippen molar-refractivity contribution in [1.82, 2.24) is 10.3 Å². The smallest absolute Gasteiger partial charge is 0.226 e. The SMILES string of the molecule is Cc1nc(CC(=O)NCc2ccccc2N)cs1. The molecule has 94 valence electrons. The van der Waals surface area contributed by atoms with Gasteiger partial charge in [-0.1, -0.05) is 18.2 Å². The maximum atomic E-state index is 11.7. The Morgan fingerprint density at radius 3 is 2.89 bits per heavy atom. The summed E-state index contributed by atoms with van der Waals surface area (Å²) >= 11 is 1.55. The molecule has 0 unspecified atom stereocenters. The molecule has 0 bridgehead atoms. The second kappa shape index (κ2) is 5.64. The average molecular weight is 261 g/mol. The first-order valence-corrected chi connectivity index (χ1v) is 6.54. The molecule has 0 spiro atoms. The molecule has 1 heterocycles. The number of nitrogen functional groups attached to an aromatic ring is 1. The van der Waals surface area contributed by atoms with Crippen LogP contribution in [0.25, 0.3) is 0 Å². The third-order valence-electron chi connectivity index (χ3n) is 2.54. The van der Waals surface area contributed by atoms with Gasteiger partial charge in [-0.15, -0.1) is 11.3 Å². The number of thiazole rings is 1. The second-order valence-corrected chi connectivity index (χ2v) is 5.07. The lowest BCUT2D eigenvalue weighted by Crippen LogP contribution is -2.25. The molecule has 5 heteroatoms. The summed E-state index contributed by atoms with van der Waals surface area (Å²) in [6, 6.07) is 7.51. The van der Waals surface area contributed by atoms with E-state index in [4.69, 9.17) is 5.73 Å². The van der Waals surface area contributed by atoms with Crippen molar-refractivity contribution < 1.29 is 4.79 Å². The predicted molar refractivity (Wildman–Crippen MR) is 73.3 cm³/mol. The maximum absolute atomic E-state index is 11.7. The molecule has 2 aromatic rings. The van der Waals surface area contributed by atoms with E-state index in [0.29, 0.717) is 18.7 Å². The Morgan fingerprint density at radius 2 is 2.22 bits per heavy atom. The highest BCUT2D eigenvalue weighted by Gasteiger charge is 2.06. The zero-order valence-electron chi connectivity index (χ0n) is 10.1. The van der Waals surface area contributed by atoms with E-state index in [9.17, 15) is 4.79 Å². The predicted octanol–water partition coefficient (Wildman–Crippen LogP) is 1.89. The normalized spacial score (nSPS) is 10.3. The van der Waals surface area contributed by atoms with E-state index in [2.05, 4.69) is 10.3 Å². The number of nitrogens with one attached hydrogen (secondary N) is 1. The Bertz CT molecular complexity index is 551. The van der Waals surface area contributed by atoms with Crippen LogP contribution in [0.2, 0.25) is 0 Å². The molecule has 2 rings (SSSR count). The molecule has 3 N–H and O–H groups in total. The van der Waals surface area contributed by atoms with Crippen LogP contribution in [-0.4, -0.2) is 10.9 Å². The summed E-state index contributed by atoms with van der Waals surface area (Å²) in [5.41, 5.74) is 8.24. The van der Waals surface area contributed by atoms with Crippen molar-refractivity contribution in [2.24, 2.45) is 0 Å². The van der Waals surface area contributed by atoms with Gasteiger partial charge in [0.25, 0.3) is 0 Å². The van der Waals surface area contributed by atoms with Crippen LogP contribution in [0, 0.1) is 6.92 Å². The van der Waals surface area contributed by atoms with Crippen LogP contribution in [0.1, 0.15) is 16.3 Å². The summed E-state index contributed by atoms with van der Waals surface area (Å²) in [6.07, 6.45) is 0.317. The summed E-state index contributed by atoms with van der Waals surface area (Å²) in [5, 5.41) is 5.73. The van der Waals surface area contributed by atoms with Gasteiger partial charge in [-0.25, -0.2) is 4.98 Å². The Kier molecular flexibility index (Phi) is 3.94. The number of benzene rings is 1. The second-order valence-electron chi connectivity index (χ2n) is 4.01. The molecule has 0 radical (unpaired) electrons. The first-order chi connectivity index (χ1) is 8.65. The van der Waals surface area contributed by atoms with Crippen LogP contribution in [-0.2, 0) is 17.8 Å². The molecule has 0 aliphatic carbocycles. The Morgan fingerprint density at radius 1 is 1.44 bits per heavy atom. The van der Waals surface area contributed by atoms with E-state index < -0.39 is 0 Å². The van der Waals surface area contributed by atoms with Gasteiger partial charge in [-0.2, -0.15) is 0 Å². The number of hydrogen-bond donors (Lipinski definition) is 2. The monoisotopic (exact) mass is 261 g/mol. The number of anilines is 1. The molecule has 0 aliphatic heterocycles. The van der Waals surface area contributed by atoms with Crippen LogP contribution in [0.4, 0.5) is 5.69 Å².